The minimum absolute atomic E-state index is 0.00115. The molecular weight excluding hydrogens is 317 g/mol. The van der Waals surface area contributed by atoms with Gasteiger partial charge in [0.05, 0.1) is 12.0 Å². The number of nitrogens with one attached hydrogen (secondary N) is 1. The molecule has 1 aromatic carbocycles. The van der Waals surface area contributed by atoms with Crippen molar-refractivity contribution in [2.24, 2.45) is 0 Å². The van der Waals surface area contributed by atoms with E-state index in [9.17, 15) is 14.0 Å². The van der Waals surface area contributed by atoms with Crippen molar-refractivity contribution in [2.75, 3.05) is 13.2 Å². The number of carboxylic acid groups (broad SMARTS) is 1. The molecule has 24 heavy (non-hydrogen) atoms. The molecule has 1 heterocycles. The van der Waals surface area contributed by atoms with Crippen LogP contribution in [0.4, 0.5) is 4.39 Å². The summed E-state index contributed by atoms with van der Waals surface area (Å²) < 4.78 is 24.4. The third-order valence-electron chi connectivity index (χ3n) is 4.10. The van der Waals surface area contributed by atoms with E-state index in [0.717, 1.165) is 0 Å². The van der Waals surface area contributed by atoms with Crippen molar-refractivity contribution in [3.8, 4) is 5.75 Å². The Morgan fingerprint density at radius 3 is 2.62 bits per heavy atom. The van der Waals surface area contributed by atoms with E-state index < -0.39 is 29.3 Å². The highest BCUT2D eigenvalue weighted by atomic mass is 19.1. The molecule has 0 spiro atoms. The highest BCUT2D eigenvalue weighted by Crippen LogP contribution is 2.26. The number of hydrogen-bond acceptors (Lipinski definition) is 4. The zero-order valence-electron chi connectivity index (χ0n) is 13.6. The molecular formula is C17H22FNO5. The molecule has 0 aliphatic carbocycles. The minimum atomic E-state index is -0.986. The number of carbonyl (C=O) groups excluding carboxylic acids is 1. The second kappa shape index (κ2) is 8.10. The molecule has 1 amide bonds. The van der Waals surface area contributed by atoms with Gasteiger partial charge in [0, 0.05) is 13.2 Å². The van der Waals surface area contributed by atoms with E-state index in [2.05, 4.69) is 5.32 Å². The van der Waals surface area contributed by atoms with Gasteiger partial charge < -0.3 is 19.9 Å². The Kier molecular flexibility index (Phi) is 6.14. The maximum atomic E-state index is 13.7. The predicted molar refractivity (Wildman–Crippen MR) is 84.3 cm³/mol. The second-order valence-corrected chi connectivity index (χ2v) is 5.90. The zero-order chi connectivity index (χ0) is 17.6. The van der Waals surface area contributed by atoms with E-state index in [1.807, 2.05) is 0 Å². The summed E-state index contributed by atoms with van der Waals surface area (Å²) in [6.07, 6.45) is 0.0934. The number of carbonyl (C=O) groups is 2. The van der Waals surface area contributed by atoms with Crippen LogP contribution in [0.15, 0.2) is 24.3 Å². The van der Waals surface area contributed by atoms with Crippen molar-refractivity contribution >= 4 is 11.9 Å². The minimum Gasteiger partial charge on any atom is -0.481 e. The van der Waals surface area contributed by atoms with E-state index in [0.29, 0.717) is 32.5 Å². The molecule has 0 aromatic heterocycles. The van der Waals surface area contributed by atoms with Gasteiger partial charge in [-0.05, 0) is 31.4 Å². The van der Waals surface area contributed by atoms with E-state index in [1.165, 1.54) is 18.2 Å². The first kappa shape index (κ1) is 18.2. The van der Waals surface area contributed by atoms with Crippen LogP contribution >= 0.6 is 0 Å². The molecule has 132 valence electrons. The van der Waals surface area contributed by atoms with E-state index >= 15 is 0 Å². The number of ether oxygens (including phenoxy) is 2. The molecule has 1 atom stereocenters. The van der Waals surface area contributed by atoms with Gasteiger partial charge >= 0.3 is 5.97 Å². The fraction of sp³-hybridized carbons (Fsp3) is 0.529. The second-order valence-electron chi connectivity index (χ2n) is 5.90. The van der Waals surface area contributed by atoms with Crippen LogP contribution in [0.5, 0.6) is 5.75 Å². The summed E-state index contributed by atoms with van der Waals surface area (Å²) in [6, 6.07) is 5.86. The summed E-state index contributed by atoms with van der Waals surface area (Å²) in [5, 5.41) is 11.9. The van der Waals surface area contributed by atoms with E-state index in [4.69, 9.17) is 14.6 Å². The van der Waals surface area contributed by atoms with Crippen molar-refractivity contribution < 1.29 is 28.6 Å². The van der Waals surface area contributed by atoms with Crippen molar-refractivity contribution in [1.82, 2.24) is 5.32 Å². The van der Waals surface area contributed by atoms with E-state index in [-0.39, 0.29) is 12.2 Å². The van der Waals surface area contributed by atoms with Gasteiger partial charge in [-0.1, -0.05) is 19.1 Å². The Hall–Kier alpha value is -2.15. The highest BCUT2D eigenvalue weighted by molar-refractivity contribution is 5.82. The molecule has 0 radical (unpaired) electrons. The zero-order valence-corrected chi connectivity index (χ0v) is 13.6. The van der Waals surface area contributed by atoms with Crippen LogP contribution in [0.2, 0.25) is 0 Å². The number of hydrogen-bond donors (Lipinski definition) is 2. The van der Waals surface area contributed by atoms with Crippen LogP contribution in [0.3, 0.4) is 0 Å². The van der Waals surface area contributed by atoms with Gasteiger partial charge in [-0.3, -0.25) is 9.59 Å². The molecule has 2 rings (SSSR count). The first-order chi connectivity index (χ1) is 11.5. The molecule has 1 aliphatic rings. The number of para-hydroxylation sites is 1. The molecule has 1 aliphatic heterocycles. The average Bonchev–Trinajstić information content (AvgIpc) is 2.54. The number of carboxylic acids is 1. The smallest absolute Gasteiger partial charge is 0.305 e. The fourth-order valence-electron chi connectivity index (χ4n) is 2.76. The molecule has 1 saturated heterocycles. The maximum Gasteiger partial charge on any atom is 0.305 e. The normalized spacial score (nSPS) is 17.8. The molecule has 1 aromatic rings. The van der Waals surface area contributed by atoms with Gasteiger partial charge in [0.25, 0.3) is 5.91 Å². The Labute approximate surface area is 139 Å². The number of rotatable bonds is 7. The lowest BCUT2D eigenvalue weighted by atomic mass is 9.86. The average molecular weight is 339 g/mol. The van der Waals surface area contributed by atoms with E-state index in [1.54, 1.807) is 13.0 Å². The molecule has 1 fully saturated rings. The molecule has 2 N–H and O–H groups in total. The number of halogens is 1. The van der Waals surface area contributed by atoms with Crippen molar-refractivity contribution in [3.63, 3.8) is 0 Å². The Balaban J connectivity index is 2.09. The summed E-state index contributed by atoms with van der Waals surface area (Å²) >= 11 is 0. The lowest BCUT2D eigenvalue weighted by Gasteiger charge is -2.37. The summed E-state index contributed by atoms with van der Waals surface area (Å²) in [5.74, 6) is -1.97. The number of amides is 1. The third kappa shape index (κ3) is 4.67. The van der Waals surface area contributed by atoms with Gasteiger partial charge in [-0.15, -0.1) is 0 Å². The van der Waals surface area contributed by atoms with Crippen LogP contribution in [0.25, 0.3) is 0 Å². The van der Waals surface area contributed by atoms with Gasteiger partial charge in [0.1, 0.15) is 0 Å². The standard InChI is InChI=1S/C17H22FNO5/c1-2-13(24-14-6-4-3-5-12(14)18)16(22)19-17(11-15(20)21)7-9-23-10-8-17/h3-6,13H,2,7-11H2,1H3,(H,19,22)(H,20,21). The summed E-state index contributed by atoms with van der Waals surface area (Å²) in [6.45, 7) is 2.52. The fourth-order valence-corrected chi connectivity index (χ4v) is 2.76. The van der Waals surface area contributed by atoms with Gasteiger partial charge in [-0.25, -0.2) is 4.39 Å². The first-order valence-corrected chi connectivity index (χ1v) is 7.98. The largest absolute Gasteiger partial charge is 0.481 e. The Morgan fingerprint density at radius 2 is 2.04 bits per heavy atom. The first-order valence-electron chi connectivity index (χ1n) is 7.98. The van der Waals surface area contributed by atoms with Crippen molar-refractivity contribution in [3.05, 3.63) is 30.1 Å². The molecule has 1 unspecified atom stereocenters. The van der Waals surface area contributed by atoms with Gasteiger partial charge in [0.15, 0.2) is 17.7 Å². The SMILES string of the molecule is CCC(Oc1ccccc1F)C(=O)NC1(CC(=O)O)CCOCC1. The lowest BCUT2D eigenvalue weighted by Crippen LogP contribution is -2.56. The summed E-state index contributed by atoms with van der Waals surface area (Å²) in [5.41, 5.74) is -0.854. The van der Waals surface area contributed by atoms with Gasteiger partial charge in [0.2, 0.25) is 0 Å². The van der Waals surface area contributed by atoms with Crippen LogP contribution in [-0.4, -0.2) is 41.8 Å². The molecule has 6 nitrogen and oxygen atoms in total. The third-order valence-corrected chi connectivity index (χ3v) is 4.10. The predicted octanol–water partition coefficient (Wildman–Crippen LogP) is 2.12. The van der Waals surface area contributed by atoms with Crippen LogP contribution in [-0.2, 0) is 14.3 Å². The summed E-state index contributed by atoms with van der Waals surface area (Å²) in [4.78, 5) is 23.7. The van der Waals surface area contributed by atoms with Crippen molar-refractivity contribution in [2.45, 2.75) is 44.2 Å². The Morgan fingerprint density at radius 1 is 1.38 bits per heavy atom. The van der Waals surface area contributed by atoms with Crippen LogP contribution in [0, 0.1) is 5.82 Å². The van der Waals surface area contributed by atoms with Crippen LogP contribution < -0.4 is 10.1 Å². The number of aliphatic carboxylic acids is 1. The molecule has 0 bridgehead atoms. The summed E-state index contributed by atoms with van der Waals surface area (Å²) in [7, 11) is 0. The molecule has 0 saturated carbocycles. The molecule has 7 heteroatoms. The monoisotopic (exact) mass is 339 g/mol. The topological polar surface area (TPSA) is 84.9 Å². The highest BCUT2D eigenvalue weighted by Gasteiger charge is 2.38. The van der Waals surface area contributed by atoms with Gasteiger partial charge in [-0.2, -0.15) is 0 Å². The quantitative estimate of drug-likeness (QED) is 0.795. The maximum absolute atomic E-state index is 13.7. The lowest BCUT2D eigenvalue weighted by molar-refractivity contribution is -0.141. The number of benzene rings is 1. The van der Waals surface area contributed by atoms with Crippen LogP contribution in [0.1, 0.15) is 32.6 Å². The van der Waals surface area contributed by atoms with Crippen molar-refractivity contribution in [1.29, 1.82) is 0 Å². The Bertz CT molecular complexity index is 586.